The zero-order valence-electron chi connectivity index (χ0n) is 11.2. The zero-order valence-corrected chi connectivity index (χ0v) is 11.2. The third kappa shape index (κ3) is 2.62. The van der Waals surface area contributed by atoms with Crippen LogP contribution in [0.15, 0.2) is 36.5 Å². The maximum Gasteiger partial charge on any atom is 0.146 e. The van der Waals surface area contributed by atoms with Crippen LogP contribution in [0.25, 0.3) is 10.9 Å². The summed E-state index contributed by atoms with van der Waals surface area (Å²) in [6.07, 6.45) is 2.74. The lowest BCUT2D eigenvalue weighted by Gasteiger charge is -2.29. The fourth-order valence-corrected chi connectivity index (χ4v) is 2.03. The quantitative estimate of drug-likeness (QED) is 0.878. The summed E-state index contributed by atoms with van der Waals surface area (Å²) < 4.78 is 6.18. The van der Waals surface area contributed by atoms with Crippen molar-refractivity contribution in [3.8, 4) is 5.75 Å². The van der Waals surface area contributed by atoms with Crippen molar-refractivity contribution in [2.75, 3.05) is 13.6 Å². The minimum Gasteiger partial charge on any atom is -0.484 e. The second kappa shape index (κ2) is 5.36. The largest absolute Gasteiger partial charge is 0.484 e. The second-order valence-corrected chi connectivity index (χ2v) is 4.77. The van der Waals surface area contributed by atoms with Crippen molar-refractivity contribution in [2.24, 2.45) is 0 Å². The molecule has 3 heteroatoms. The summed E-state index contributed by atoms with van der Waals surface area (Å²) in [5.74, 6) is 0.854. The summed E-state index contributed by atoms with van der Waals surface area (Å²) in [6.45, 7) is 5.06. The van der Waals surface area contributed by atoms with E-state index in [4.69, 9.17) is 4.74 Å². The van der Waals surface area contributed by atoms with Gasteiger partial charge in [-0.05, 0) is 32.5 Å². The standard InChI is InChI=1S/C15H20N2O/c1-4-15(2,11-16-3)18-13-9-5-7-12-8-6-10-17-14(12)13/h5-10,16H,4,11H2,1-3H3. The minimum atomic E-state index is -0.208. The molecule has 1 heterocycles. The normalized spacial score (nSPS) is 14.4. The van der Waals surface area contributed by atoms with E-state index in [2.05, 4.69) is 36.3 Å². The predicted octanol–water partition coefficient (Wildman–Crippen LogP) is 3.00. The Morgan fingerprint density at radius 1 is 1.28 bits per heavy atom. The Labute approximate surface area is 108 Å². The first-order valence-electron chi connectivity index (χ1n) is 6.36. The van der Waals surface area contributed by atoms with Crippen LogP contribution in [0.1, 0.15) is 20.3 Å². The Morgan fingerprint density at radius 2 is 2.06 bits per heavy atom. The van der Waals surface area contributed by atoms with E-state index in [1.807, 2.05) is 25.2 Å². The van der Waals surface area contributed by atoms with Crippen LogP contribution in [0.4, 0.5) is 0 Å². The molecule has 3 nitrogen and oxygen atoms in total. The lowest BCUT2D eigenvalue weighted by atomic mass is 10.0. The zero-order chi connectivity index (χ0) is 13.0. The maximum atomic E-state index is 6.18. The van der Waals surface area contributed by atoms with Crippen LogP contribution in [-0.4, -0.2) is 24.2 Å². The highest BCUT2D eigenvalue weighted by Gasteiger charge is 2.24. The molecule has 0 spiro atoms. The van der Waals surface area contributed by atoms with Crippen LogP contribution in [0, 0.1) is 0 Å². The molecule has 1 N–H and O–H groups in total. The van der Waals surface area contributed by atoms with Gasteiger partial charge in [-0.15, -0.1) is 0 Å². The average molecular weight is 244 g/mol. The maximum absolute atomic E-state index is 6.18. The van der Waals surface area contributed by atoms with E-state index in [0.29, 0.717) is 0 Å². The van der Waals surface area contributed by atoms with Crippen molar-refractivity contribution in [1.82, 2.24) is 10.3 Å². The molecule has 96 valence electrons. The summed E-state index contributed by atoms with van der Waals surface area (Å²) in [6, 6.07) is 10.0. The lowest BCUT2D eigenvalue weighted by molar-refractivity contribution is 0.0874. The molecule has 1 unspecified atom stereocenters. The van der Waals surface area contributed by atoms with E-state index in [0.717, 1.165) is 29.6 Å². The molecule has 0 radical (unpaired) electrons. The highest BCUT2D eigenvalue weighted by atomic mass is 16.5. The van der Waals surface area contributed by atoms with E-state index < -0.39 is 0 Å². The molecule has 0 saturated heterocycles. The number of rotatable bonds is 5. The van der Waals surface area contributed by atoms with Gasteiger partial charge in [0.1, 0.15) is 16.9 Å². The third-order valence-electron chi connectivity index (χ3n) is 3.25. The van der Waals surface area contributed by atoms with E-state index in [-0.39, 0.29) is 5.60 Å². The van der Waals surface area contributed by atoms with Gasteiger partial charge < -0.3 is 10.1 Å². The van der Waals surface area contributed by atoms with Crippen molar-refractivity contribution in [1.29, 1.82) is 0 Å². The first-order valence-corrected chi connectivity index (χ1v) is 6.36. The van der Waals surface area contributed by atoms with Gasteiger partial charge in [0.05, 0.1) is 0 Å². The van der Waals surface area contributed by atoms with E-state index in [1.165, 1.54) is 0 Å². The van der Waals surface area contributed by atoms with Gasteiger partial charge in [-0.3, -0.25) is 4.98 Å². The Bertz CT molecular complexity index is 521. The molecule has 1 aromatic heterocycles. The van der Waals surface area contributed by atoms with Crippen molar-refractivity contribution < 1.29 is 4.74 Å². The Hall–Kier alpha value is -1.61. The number of aromatic nitrogens is 1. The first-order chi connectivity index (χ1) is 8.68. The van der Waals surface area contributed by atoms with Gasteiger partial charge in [-0.2, -0.15) is 0 Å². The smallest absolute Gasteiger partial charge is 0.146 e. The van der Waals surface area contributed by atoms with Crippen LogP contribution in [0.3, 0.4) is 0 Å². The van der Waals surface area contributed by atoms with Gasteiger partial charge in [0.15, 0.2) is 0 Å². The molecule has 2 aromatic rings. The van der Waals surface area contributed by atoms with Crippen molar-refractivity contribution in [2.45, 2.75) is 25.9 Å². The van der Waals surface area contributed by atoms with Crippen molar-refractivity contribution in [3.63, 3.8) is 0 Å². The van der Waals surface area contributed by atoms with Crippen LogP contribution in [0.5, 0.6) is 5.75 Å². The molecule has 18 heavy (non-hydrogen) atoms. The average Bonchev–Trinajstić information content (AvgIpc) is 2.39. The Kier molecular flexibility index (Phi) is 3.82. The first kappa shape index (κ1) is 12.8. The number of para-hydroxylation sites is 1. The van der Waals surface area contributed by atoms with Gasteiger partial charge >= 0.3 is 0 Å². The Morgan fingerprint density at radius 3 is 2.78 bits per heavy atom. The van der Waals surface area contributed by atoms with Gasteiger partial charge in [-0.1, -0.05) is 25.1 Å². The highest BCUT2D eigenvalue weighted by Crippen LogP contribution is 2.27. The number of hydrogen-bond acceptors (Lipinski definition) is 3. The van der Waals surface area contributed by atoms with Crippen LogP contribution in [0.2, 0.25) is 0 Å². The molecular weight excluding hydrogens is 224 g/mol. The molecule has 0 bridgehead atoms. The molecule has 0 fully saturated rings. The molecule has 0 aliphatic heterocycles. The lowest BCUT2D eigenvalue weighted by Crippen LogP contribution is -2.41. The summed E-state index contributed by atoms with van der Waals surface area (Å²) in [5.41, 5.74) is 0.719. The summed E-state index contributed by atoms with van der Waals surface area (Å²) in [4.78, 5) is 4.41. The third-order valence-corrected chi connectivity index (χ3v) is 3.25. The van der Waals surface area contributed by atoms with Gasteiger partial charge in [0.2, 0.25) is 0 Å². The number of likely N-dealkylation sites (N-methyl/N-ethyl adjacent to an activating group) is 1. The molecular formula is C15H20N2O. The predicted molar refractivity (Wildman–Crippen MR) is 75.0 cm³/mol. The fraction of sp³-hybridized carbons (Fsp3) is 0.400. The van der Waals surface area contributed by atoms with E-state index >= 15 is 0 Å². The number of benzene rings is 1. The van der Waals surface area contributed by atoms with Crippen LogP contribution < -0.4 is 10.1 Å². The summed E-state index contributed by atoms with van der Waals surface area (Å²) >= 11 is 0. The van der Waals surface area contributed by atoms with Crippen molar-refractivity contribution >= 4 is 10.9 Å². The molecule has 0 aliphatic carbocycles. The number of hydrogen-bond donors (Lipinski definition) is 1. The molecule has 0 saturated carbocycles. The van der Waals surface area contributed by atoms with Crippen LogP contribution >= 0.6 is 0 Å². The van der Waals surface area contributed by atoms with Gasteiger partial charge in [0.25, 0.3) is 0 Å². The monoisotopic (exact) mass is 244 g/mol. The Balaban J connectivity index is 2.36. The summed E-state index contributed by atoms with van der Waals surface area (Å²) in [7, 11) is 1.94. The topological polar surface area (TPSA) is 34.1 Å². The number of pyridine rings is 1. The van der Waals surface area contributed by atoms with E-state index in [9.17, 15) is 0 Å². The molecule has 2 rings (SSSR count). The second-order valence-electron chi connectivity index (χ2n) is 4.77. The number of nitrogens with zero attached hydrogens (tertiary/aromatic N) is 1. The fourth-order valence-electron chi connectivity index (χ4n) is 2.03. The van der Waals surface area contributed by atoms with Gasteiger partial charge in [-0.25, -0.2) is 0 Å². The van der Waals surface area contributed by atoms with Gasteiger partial charge in [0, 0.05) is 18.1 Å². The summed E-state index contributed by atoms with van der Waals surface area (Å²) in [5, 5.41) is 4.29. The van der Waals surface area contributed by atoms with Crippen LogP contribution in [-0.2, 0) is 0 Å². The molecule has 0 amide bonds. The molecule has 0 aliphatic rings. The number of ether oxygens (including phenoxy) is 1. The van der Waals surface area contributed by atoms with E-state index in [1.54, 1.807) is 6.20 Å². The SMILES string of the molecule is CCC(C)(CNC)Oc1cccc2cccnc12. The molecule has 1 aromatic carbocycles. The highest BCUT2D eigenvalue weighted by molar-refractivity contribution is 5.84. The molecule has 1 atom stereocenters. The van der Waals surface area contributed by atoms with Crippen molar-refractivity contribution in [3.05, 3.63) is 36.5 Å². The minimum absolute atomic E-state index is 0.208. The number of nitrogens with one attached hydrogen (secondary N) is 1. The number of fused-ring (bicyclic) bond motifs is 1.